The van der Waals surface area contributed by atoms with Crippen molar-refractivity contribution >= 4 is 17.4 Å². The Morgan fingerprint density at radius 1 is 1.30 bits per heavy atom. The van der Waals surface area contributed by atoms with Gasteiger partial charge in [0.2, 0.25) is 0 Å². The number of hydrogen-bond acceptors (Lipinski definition) is 3. The van der Waals surface area contributed by atoms with Crippen molar-refractivity contribution in [2.24, 2.45) is 5.92 Å². The normalized spacial score (nSPS) is 14.1. The lowest BCUT2D eigenvalue weighted by Crippen LogP contribution is -2.47. The molecule has 114 valence electrons. The maximum absolute atomic E-state index is 11.9. The summed E-state index contributed by atoms with van der Waals surface area (Å²) < 4.78 is 0. The maximum Gasteiger partial charge on any atom is 0.315 e. The van der Waals surface area contributed by atoms with Gasteiger partial charge in [0.05, 0.1) is 12.6 Å². The molecule has 2 unspecified atom stereocenters. The van der Waals surface area contributed by atoms with Crippen molar-refractivity contribution in [2.75, 3.05) is 6.61 Å². The Labute approximate surface area is 125 Å². The van der Waals surface area contributed by atoms with Gasteiger partial charge in [-0.25, -0.2) is 4.79 Å². The van der Waals surface area contributed by atoms with Crippen LogP contribution in [0.4, 0.5) is 4.79 Å². The van der Waals surface area contributed by atoms with Gasteiger partial charge in [0, 0.05) is 22.2 Å². The number of urea groups is 1. The van der Waals surface area contributed by atoms with Crippen LogP contribution in [0.5, 0.6) is 0 Å². The number of aliphatic hydroxyl groups is 1. The Morgan fingerprint density at radius 3 is 2.50 bits per heavy atom. The van der Waals surface area contributed by atoms with Gasteiger partial charge in [-0.05, 0) is 38.3 Å². The minimum atomic E-state index is -0.203. The number of carbonyl (C=O) groups excluding carboxylic acids is 1. The van der Waals surface area contributed by atoms with Crippen molar-refractivity contribution in [3.63, 3.8) is 0 Å². The molecule has 3 N–H and O–H groups in total. The Bertz CT molecular complexity index is 418. The quantitative estimate of drug-likeness (QED) is 0.725. The number of amides is 2. The molecule has 0 aliphatic rings. The molecule has 4 nitrogen and oxygen atoms in total. The van der Waals surface area contributed by atoms with Gasteiger partial charge in [-0.2, -0.15) is 0 Å². The average Bonchev–Trinajstić information content (AvgIpc) is 2.72. The zero-order valence-corrected chi connectivity index (χ0v) is 13.6. The van der Waals surface area contributed by atoms with E-state index < -0.39 is 0 Å². The van der Waals surface area contributed by atoms with E-state index in [1.165, 1.54) is 9.75 Å². The third-order valence-corrected chi connectivity index (χ3v) is 4.02. The second-order valence-corrected chi connectivity index (χ2v) is 7.12. The van der Waals surface area contributed by atoms with Gasteiger partial charge >= 0.3 is 6.03 Å². The van der Waals surface area contributed by atoms with E-state index in [0.29, 0.717) is 5.92 Å². The van der Waals surface area contributed by atoms with Gasteiger partial charge < -0.3 is 15.7 Å². The number of carbonyl (C=O) groups is 1. The fourth-order valence-corrected chi connectivity index (χ4v) is 3.17. The van der Waals surface area contributed by atoms with Crippen molar-refractivity contribution < 1.29 is 9.90 Å². The monoisotopic (exact) mass is 298 g/mol. The van der Waals surface area contributed by atoms with Crippen LogP contribution in [0.25, 0.3) is 0 Å². The molecule has 0 bridgehead atoms. The molecule has 0 aliphatic heterocycles. The van der Waals surface area contributed by atoms with Crippen LogP contribution < -0.4 is 10.6 Å². The van der Waals surface area contributed by atoms with Gasteiger partial charge in [-0.3, -0.25) is 0 Å². The first-order valence-corrected chi connectivity index (χ1v) is 7.95. The molecule has 1 rings (SSSR count). The second kappa shape index (κ2) is 8.27. The summed E-state index contributed by atoms with van der Waals surface area (Å²) in [6.07, 6.45) is 1.61. The standard InChI is InChI=1S/C15H26N2O2S/c1-10(2)7-13(9-18)17-15(19)16-11(3)8-14-6-5-12(4)20-14/h5-6,10-11,13,18H,7-9H2,1-4H3,(H2,16,17,19). The van der Waals surface area contributed by atoms with Gasteiger partial charge in [-0.15, -0.1) is 11.3 Å². The number of thiophene rings is 1. The second-order valence-electron chi connectivity index (χ2n) is 5.74. The Kier molecular flexibility index (Phi) is 7.02. The van der Waals surface area contributed by atoms with Crippen molar-refractivity contribution in [1.82, 2.24) is 10.6 Å². The van der Waals surface area contributed by atoms with Crippen LogP contribution >= 0.6 is 11.3 Å². The van der Waals surface area contributed by atoms with Crippen LogP contribution in [0.15, 0.2) is 12.1 Å². The summed E-state index contributed by atoms with van der Waals surface area (Å²) in [7, 11) is 0. The summed E-state index contributed by atoms with van der Waals surface area (Å²) in [6, 6.07) is 3.89. The van der Waals surface area contributed by atoms with Crippen molar-refractivity contribution in [2.45, 2.75) is 52.6 Å². The fourth-order valence-electron chi connectivity index (χ4n) is 2.15. The lowest BCUT2D eigenvalue weighted by atomic mass is 10.0. The van der Waals surface area contributed by atoms with E-state index in [1.807, 2.05) is 6.92 Å². The lowest BCUT2D eigenvalue weighted by molar-refractivity contribution is 0.205. The van der Waals surface area contributed by atoms with E-state index in [-0.39, 0.29) is 24.7 Å². The molecule has 2 amide bonds. The summed E-state index contributed by atoms with van der Waals surface area (Å²) in [5.74, 6) is 0.443. The van der Waals surface area contributed by atoms with E-state index in [9.17, 15) is 9.90 Å². The largest absolute Gasteiger partial charge is 0.394 e. The number of aryl methyl sites for hydroxylation is 1. The maximum atomic E-state index is 11.9. The molecule has 1 aromatic rings. The minimum absolute atomic E-state index is 0.0237. The van der Waals surface area contributed by atoms with Crippen molar-refractivity contribution in [3.8, 4) is 0 Å². The molecular weight excluding hydrogens is 272 g/mol. The predicted octanol–water partition coefficient (Wildman–Crippen LogP) is 2.69. The summed E-state index contributed by atoms with van der Waals surface area (Å²) in [5, 5.41) is 15.0. The highest BCUT2D eigenvalue weighted by atomic mass is 32.1. The average molecular weight is 298 g/mol. The molecule has 1 aromatic heterocycles. The third-order valence-electron chi connectivity index (χ3n) is 2.99. The molecule has 0 fully saturated rings. The number of rotatable bonds is 7. The van der Waals surface area contributed by atoms with Gasteiger partial charge in [0.1, 0.15) is 0 Å². The van der Waals surface area contributed by atoms with Crippen LogP contribution in [0.1, 0.15) is 36.9 Å². The molecule has 0 saturated carbocycles. The molecule has 0 aromatic carbocycles. The lowest BCUT2D eigenvalue weighted by Gasteiger charge is -2.20. The van der Waals surface area contributed by atoms with Crippen LogP contribution in [-0.2, 0) is 6.42 Å². The highest BCUT2D eigenvalue weighted by molar-refractivity contribution is 7.11. The number of nitrogens with one attached hydrogen (secondary N) is 2. The van der Waals surface area contributed by atoms with E-state index in [1.54, 1.807) is 11.3 Å². The number of aliphatic hydroxyl groups excluding tert-OH is 1. The molecular formula is C15H26N2O2S. The van der Waals surface area contributed by atoms with Crippen molar-refractivity contribution in [3.05, 3.63) is 21.9 Å². The first-order valence-electron chi connectivity index (χ1n) is 7.14. The SMILES string of the molecule is Cc1ccc(CC(C)NC(=O)NC(CO)CC(C)C)s1. The molecule has 0 radical (unpaired) electrons. The zero-order chi connectivity index (χ0) is 15.1. The summed E-state index contributed by atoms with van der Waals surface area (Å²) >= 11 is 1.76. The Morgan fingerprint density at radius 2 is 2.00 bits per heavy atom. The minimum Gasteiger partial charge on any atom is -0.394 e. The molecule has 0 saturated heterocycles. The highest BCUT2D eigenvalue weighted by Crippen LogP contribution is 2.16. The first kappa shape index (κ1) is 17.0. The van der Waals surface area contributed by atoms with E-state index in [0.717, 1.165) is 12.8 Å². The van der Waals surface area contributed by atoms with Gasteiger partial charge in [-0.1, -0.05) is 13.8 Å². The van der Waals surface area contributed by atoms with E-state index >= 15 is 0 Å². The summed E-state index contributed by atoms with van der Waals surface area (Å²) in [5.41, 5.74) is 0. The molecule has 1 heterocycles. The molecule has 0 aliphatic carbocycles. The number of hydrogen-bond donors (Lipinski definition) is 3. The predicted molar refractivity (Wildman–Crippen MR) is 84.2 cm³/mol. The summed E-state index contributed by atoms with van der Waals surface area (Å²) in [4.78, 5) is 14.4. The molecule has 2 atom stereocenters. The van der Waals surface area contributed by atoms with Crippen molar-refractivity contribution in [1.29, 1.82) is 0 Å². The van der Waals surface area contributed by atoms with Gasteiger partial charge in [0.15, 0.2) is 0 Å². The van der Waals surface area contributed by atoms with Crippen LogP contribution in [0, 0.1) is 12.8 Å². The molecule has 5 heteroatoms. The topological polar surface area (TPSA) is 61.4 Å². The van der Waals surface area contributed by atoms with Crippen LogP contribution in [-0.4, -0.2) is 29.8 Å². The fraction of sp³-hybridized carbons (Fsp3) is 0.667. The molecule has 20 heavy (non-hydrogen) atoms. The third kappa shape index (κ3) is 6.39. The zero-order valence-electron chi connectivity index (χ0n) is 12.8. The highest BCUT2D eigenvalue weighted by Gasteiger charge is 2.15. The first-order chi connectivity index (χ1) is 9.40. The summed E-state index contributed by atoms with van der Waals surface area (Å²) in [6.45, 7) is 8.19. The van der Waals surface area contributed by atoms with E-state index in [4.69, 9.17) is 0 Å². The van der Waals surface area contributed by atoms with E-state index in [2.05, 4.69) is 43.5 Å². The van der Waals surface area contributed by atoms with Crippen LogP contribution in [0.2, 0.25) is 0 Å². The van der Waals surface area contributed by atoms with Gasteiger partial charge in [0.25, 0.3) is 0 Å². The Hall–Kier alpha value is -1.07. The smallest absolute Gasteiger partial charge is 0.315 e. The Balaban J connectivity index is 2.37. The van der Waals surface area contributed by atoms with Crippen LogP contribution in [0.3, 0.4) is 0 Å². The molecule has 0 spiro atoms.